The van der Waals surface area contributed by atoms with Gasteiger partial charge >= 0.3 is 0 Å². The summed E-state index contributed by atoms with van der Waals surface area (Å²) in [6.07, 6.45) is 2.84. The minimum Gasteiger partial charge on any atom is -0.396 e. The van der Waals surface area contributed by atoms with Crippen LogP contribution in [0.15, 0.2) is 18.2 Å². The Balaban J connectivity index is 1.91. The number of rotatable bonds is 6. The largest absolute Gasteiger partial charge is 0.396 e. The highest BCUT2D eigenvalue weighted by Gasteiger charge is 2.33. The highest BCUT2D eigenvalue weighted by atomic mass is 19.1. The molecule has 1 aromatic rings. The van der Waals surface area contributed by atoms with E-state index in [0.717, 1.165) is 37.8 Å². The van der Waals surface area contributed by atoms with Gasteiger partial charge in [-0.25, -0.2) is 8.78 Å². The van der Waals surface area contributed by atoms with Gasteiger partial charge in [-0.15, -0.1) is 0 Å². The molecule has 1 atom stereocenters. The third-order valence-corrected chi connectivity index (χ3v) is 4.17. The van der Waals surface area contributed by atoms with E-state index in [9.17, 15) is 19.0 Å². The zero-order valence-corrected chi connectivity index (χ0v) is 11.4. The van der Waals surface area contributed by atoms with Crippen molar-refractivity contribution in [2.45, 2.75) is 31.8 Å². The fraction of sp³-hybridized carbons (Fsp3) is 0.600. The molecule has 5 heteroatoms. The fourth-order valence-electron chi connectivity index (χ4n) is 2.92. The first-order chi connectivity index (χ1) is 9.58. The second kappa shape index (κ2) is 6.61. The Labute approximate surface area is 117 Å². The lowest BCUT2D eigenvalue weighted by molar-refractivity contribution is 0.115. The molecule has 0 radical (unpaired) electrons. The summed E-state index contributed by atoms with van der Waals surface area (Å²) in [5.41, 5.74) is -0.447. The molecule has 1 fully saturated rings. The Morgan fingerprint density at radius 1 is 1.20 bits per heavy atom. The summed E-state index contributed by atoms with van der Waals surface area (Å²) >= 11 is 0. The van der Waals surface area contributed by atoms with Crippen LogP contribution in [0.1, 0.15) is 37.4 Å². The number of aliphatic hydroxyl groups excluding tert-OH is 2. The standard InChI is InChI=1S/C15H21F2NO2/c16-11-4-3-5-12(17)14(11)13(20)8-18-9-15(10-19)6-1-2-7-15/h3-5,13,18-20H,1-2,6-10H2. The summed E-state index contributed by atoms with van der Waals surface area (Å²) in [6.45, 7) is 0.723. The average Bonchev–Trinajstić information content (AvgIpc) is 2.88. The van der Waals surface area contributed by atoms with Crippen molar-refractivity contribution in [3.63, 3.8) is 0 Å². The van der Waals surface area contributed by atoms with Crippen LogP contribution in [0, 0.1) is 17.0 Å². The number of benzene rings is 1. The van der Waals surface area contributed by atoms with Crippen LogP contribution in [-0.2, 0) is 0 Å². The molecule has 1 saturated carbocycles. The van der Waals surface area contributed by atoms with Crippen molar-refractivity contribution in [3.05, 3.63) is 35.4 Å². The third kappa shape index (κ3) is 3.34. The number of halogens is 2. The van der Waals surface area contributed by atoms with Crippen LogP contribution in [0.3, 0.4) is 0 Å². The minimum absolute atomic E-state index is 0.0691. The second-order valence-electron chi connectivity index (χ2n) is 5.65. The van der Waals surface area contributed by atoms with E-state index in [1.165, 1.54) is 6.07 Å². The van der Waals surface area contributed by atoms with Crippen LogP contribution in [-0.4, -0.2) is 29.9 Å². The Kier molecular flexibility index (Phi) is 5.07. The maximum absolute atomic E-state index is 13.5. The molecule has 112 valence electrons. The van der Waals surface area contributed by atoms with Crippen LogP contribution >= 0.6 is 0 Å². The third-order valence-electron chi connectivity index (χ3n) is 4.17. The van der Waals surface area contributed by atoms with Gasteiger partial charge in [0.25, 0.3) is 0 Å². The Hall–Kier alpha value is -1.04. The quantitative estimate of drug-likeness (QED) is 0.750. The molecule has 1 aliphatic rings. The second-order valence-corrected chi connectivity index (χ2v) is 5.65. The summed E-state index contributed by atoms with van der Waals surface area (Å²) in [4.78, 5) is 0. The molecule has 0 amide bonds. The summed E-state index contributed by atoms with van der Waals surface area (Å²) in [7, 11) is 0. The van der Waals surface area contributed by atoms with Gasteiger partial charge in [-0.2, -0.15) is 0 Å². The number of hydrogen-bond acceptors (Lipinski definition) is 3. The van der Waals surface area contributed by atoms with Gasteiger partial charge in [0.05, 0.1) is 11.7 Å². The van der Waals surface area contributed by atoms with Crippen LogP contribution in [0.2, 0.25) is 0 Å². The first-order valence-electron chi connectivity index (χ1n) is 7.01. The number of aliphatic hydroxyl groups is 2. The van der Waals surface area contributed by atoms with E-state index in [4.69, 9.17) is 0 Å². The predicted octanol–water partition coefficient (Wildman–Crippen LogP) is 2.14. The minimum atomic E-state index is -1.23. The first kappa shape index (κ1) is 15.4. The lowest BCUT2D eigenvalue weighted by atomic mass is 9.87. The molecule has 3 N–H and O–H groups in total. The molecule has 0 bridgehead atoms. The topological polar surface area (TPSA) is 52.5 Å². The van der Waals surface area contributed by atoms with Crippen LogP contribution in [0.4, 0.5) is 8.78 Å². The van der Waals surface area contributed by atoms with E-state index in [1.807, 2.05) is 0 Å². The van der Waals surface area contributed by atoms with Crippen molar-refractivity contribution in [2.24, 2.45) is 5.41 Å². The van der Waals surface area contributed by atoms with E-state index in [1.54, 1.807) is 0 Å². The van der Waals surface area contributed by atoms with Crippen LogP contribution in [0.25, 0.3) is 0 Å². The monoisotopic (exact) mass is 285 g/mol. The van der Waals surface area contributed by atoms with Crippen molar-refractivity contribution in [1.82, 2.24) is 5.32 Å². The van der Waals surface area contributed by atoms with Gasteiger partial charge in [0.15, 0.2) is 0 Å². The van der Waals surface area contributed by atoms with Gasteiger partial charge in [0, 0.05) is 25.1 Å². The molecule has 1 aromatic carbocycles. The first-order valence-corrected chi connectivity index (χ1v) is 7.01. The SMILES string of the molecule is OCC1(CNCC(O)c2c(F)cccc2F)CCCC1. The Bertz CT molecular complexity index is 427. The summed E-state index contributed by atoms with van der Waals surface area (Å²) in [5, 5.41) is 22.4. The van der Waals surface area contributed by atoms with E-state index < -0.39 is 17.7 Å². The normalized spacial score (nSPS) is 19.2. The summed E-state index contributed by atoms with van der Waals surface area (Å²) < 4.78 is 27.0. The van der Waals surface area contributed by atoms with E-state index in [0.29, 0.717) is 6.54 Å². The molecule has 0 spiro atoms. The molecule has 2 rings (SSSR count). The van der Waals surface area contributed by atoms with Crippen molar-refractivity contribution in [2.75, 3.05) is 19.7 Å². The van der Waals surface area contributed by atoms with Gasteiger partial charge in [-0.3, -0.25) is 0 Å². The lowest BCUT2D eigenvalue weighted by Crippen LogP contribution is -2.37. The molecule has 0 heterocycles. The molecule has 0 saturated heterocycles. The highest BCUT2D eigenvalue weighted by molar-refractivity contribution is 5.22. The fourth-order valence-corrected chi connectivity index (χ4v) is 2.92. The lowest BCUT2D eigenvalue weighted by Gasteiger charge is -2.27. The van der Waals surface area contributed by atoms with Crippen LogP contribution < -0.4 is 5.32 Å². The summed E-state index contributed by atoms with van der Waals surface area (Å²) in [6, 6.07) is 3.54. The van der Waals surface area contributed by atoms with Gasteiger partial charge in [-0.1, -0.05) is 18.9 Å². The number of nitrogens with one attached hydrogen (secondary N) is 1. The van der Waals surface area contributed by atoms with E-state index >= 15 is 0 Å². The van der Waals surface area contributed by atoms with Crippen molar-refractivity contribution >= 4 is 0 Å². The van der Waals surface area contributed by atoms with Gasteiger partial charge in [0.1, 0.15) is 11.6 Å². The molecule has 0 aromatic heterocycles. The molecule has 1 aliphatic carbocycles. The van der Waals surface area contributed by atoms with Crippen molar-refractivity contribution < 1.29 is 19.0 Å². The average molecular weight is 285 g/mol. The summed E-state index contributed by atoms with van der Waals surface area (Å²) in [5.74, 6) is -1.48. The van der Waals surface area contributed by atoms with Crippen molar-refractivity contribution in [1.29, 1.82) is 0 Å². The van der Waals surface area contributed by atoms with E-state index in [2.05, 4.69) is 5.32 Å². The molecule has 3 nitrogen and oxygen atoms in total. The smallest absolute Gasteiger partial charge is 0.131 e. The molecular weight excluding hydrogens is 264 g/mol. The zero-order valence-electron chi connectivity index (χ0n) is 11.4. The highest BCUT2D eigenvalue weighted by Crippen LogP contribution is 2.37. The molecular formula is C15H21F2NO2. The number of hydrogen-bond donors (Lipinski definition) is 3. The maximum Gasteiger partial charge on any atom is 0.131 e. The Morgan fingerprint density at radius 2 is 1.80 bits per heavy atom. The molecule has 0 aliphatic heterocycles. The van der Waals surface area contributed by atoms with Crippen molar-refractivity contribution in [3.8, 4) is 0 Å². The predicted molar refractivity (Wildman–Crippen MR) is 72.2 cm³/mol. The Morgan fingerprint density at radius 3 is 2.35 bits per heavy atom. The van der Waals surface area contributed by atoms with Crippen LogP contribution in [0.5, 0.6) is 0 Å². The molecule has 1 unspecified atom stereocenters. The zero-order chi connectivity index (χ0) is 14.6. The van der Waals surface area contributed by atoms with Gasteiger partial charge in [0.2, 0.25) is 0 Å². The molecule has 20 heavy (non-hydrogen) atoms. The maximum atomic E-state index is 13.5. The van der Waals surface area contributed by atoms with E-state index in [-0.39, 0.29) is 24.1 Å². The van der Waals surface area contributed by atoms with Gasteiger partial charge in [-0.05, 0) is 25.0 Å². The van der Waals surface area contributed by atoms with Gasteiger partial charge < -0.3 is 15.5 Å².